The molecular weight excluding hydrogens is 172 g/mol. The minimum Gasteiger partial charge on any atom is -0.506 e. The van der Waals surface area contributed by atoms with E-state index in [1.807, 2.05) is 0 Å². The van der Waals surface area contributed by atoms with Gasteiger partial charge in [0.1, 0.15) is 17.1 Å². The minimum atomic E-state index is -0.165. The molecule has 0 saturated heterocycles. The highest BCUT2D eigenvalue weighted by molar-refractivity contribution is 5.61. The fourth-order valence-electron chi connectivity index (χ4n) is 0.957. The molecule has 5 heteroatoms. The van der Waals surface area contributed by atoms with Crippen LogP contribution in [0.1, 0.15) is 6.92 Å². The van der Waals surface area contributed by atoms with Crippen LogP contribution in [0.4, 0.5) is 11.4 Å². The fraction of sp³-hybridized carbons (Fsp3) is 0.250. The number of hydrogen-bond donors (Lipinski definition) is 2. The molecule has 0 saturated carbocycles. The molecule has 2 N–H and O–H groups in total. The summed E-state index contributed by atoms with van der Waals surface area (Å²) >= 11 is 0. The van der Waals surface area contributed by atoms with Gasteiger partial charge in [0, 0.05) is 12.6 Å². The van der Waals surface area contributed by atoms with E-state index < -0.39 is 0 Å². The number of phenols is 1. The van der Waals surface area contributed by atoms with Gasteiger partial charge in [0.2, 0.25) is 0 Å². The van der Waals surface area contributed by atoms with Gasteiger partial charge in [-0.3, -0.25) is 10.3 Å². The van der Waals surface area contributed by atoms with Crippen LogP contribution in [0.15, 0.2) is 23.4 Å². The predicted molar refractivity (Wildman–Crippen MR) is 48.4 cm³/mol. The van der Waals surface area contributed by atoms with Gasteiger partial charge >= 0.3 is 0 Å². The predicted octanol–water partition coefficient (Wildman–Crippen LogP) is 2.01. The maximum atomic E-state index is 10.1. The zero-order valence-corrected chi connectivity index (χ0v) is 7.14. The molecule has 1 aromatic rings. The van der Waals surface area contributed by atoms with Gasteiger partial charge in [0.05, 0.1) is 0 Å². The highest BCUT2D eigenvalue weighted by Crippen LogP contribution is 2.30. The molecule has 70 valence electrons. The van der Waals surface area contributed by atoms with Crippen LogP contribution in [0.3, 0.4) is 0 Å². The molecule has 1 aromatic carbocycles. The first-order valence-corrected chi connectivity index (χ1v) is 3.81. The summed E-state index contributed by atoms with van der Waals surface area (Å²) < 4.78 is 0. The van der Waals surface area contributed by atoms with Gasteiger partial charge in [-0.1, -0.05) is 0 Å². The van der Waals surface area contributed by atoms with Gasteiger partial charge in [0.15, 0.2) is 0 Å². The van der Waals surface area contributed by atoms with Gasteiger partial charge in [-0.15, -0.1) is 4.91 Å². The molecule has 0 bridgehead atoms. The smallest absolute Gasteiger partial charge is 0.143 e. The maximum Gasteiger partial charge on any atom is 0.143 e. The number of nitrogens with zero attached hydrogens (tertiary/aromatic N) is 2. The van der Waals surface area contributed by atoms with Crippen molar-refractivity contribution in [2.75, 3.05) is 11.6 Å². The number of hydroxylamine groups is 1. The summed E-state index contributed by atoms with van der Waals surface area (Å²) in [5, 5.41) is 22.1. The first-order valence-electron chi connectivity index (χ1n) is 3.81. The zero-order chi connectivity index (χ0) is 9.84. The molecule has 0 fully saturated rings. The normalized spacial score (nSPS) is 9.69. The fourth-order valence-corrected chi connectivity index (χ4v) is 0.957. The highest BCUT2D eigenvalue weighted by Gasteiger charge is 2.07. The number of phenolic OH excluding ortho intramolecular Hbond substituents is 1. The first-order chi connectivity index (χ1) is 6.19. The topological polar surface area (TPSA) is 73.1 Å². The van der Waals surface area contributed by atoms with Crippen LogP contribution >= 0.6 is 0 Å². The second-order valence-electron chi connectivity index (χ2n) is 2.48. The Morgan fingerprint density at radius 1 is 1.54 bits per heavy atom. The van der Waals surface area contributed by atoms with E-state index >= 15 is 0 Å². The van der Waals surface area contributed by atoms with Crippen LogP contribution in [0, 0.1) is 4.91 Å². The van der Waals surface area contributed by atoms with Crippen molar-refractivity contribution in [1.29, 1.82) is 0 Å². The lowest BCUT2D eigenvalue weighted by atomic mass is 10.2. The number of benzene rings is 1. The molecule has 0 spiro atoms. The third kappa shape index (κ3) is 1.94. The van der Waals surface area contributed by atoms with Crippen molar-refractivity contribution in [3.63, 3.8) is 0 Å². The van der Waals surface area contributed by atoms with Crippen LogP contribution in [0.2, 0.25) is 0 Å². The summed E-state index contributed by atoms with van der Waals surface area (Å²) in [5.74, 6) is -0.165. The Hall–Kier alpha value is -1.62. The van der Waals surface area contributed by atoms with Crippen molar-refractivity contribution in [2.24, 2.45) is 5.18 Å². The van der Waals surface area contributed by atoms with Crippen molar-refractivity contribution in [3.05, 3.63) is 23.1 Å². The average molecular weight is 182 g/mol. The zero-order valence-electron chi connectivity index (χ0n) is 7.14. The van der Waals surface area contributed by atoms with E-state index in [9.17, 15) is 15.2 Å². The van der Waals surface area contributed by atoms with Crippen LogP contribution in [-0.2, 0) is 0 Å². The molecule has 1 rings (SSSR count). The van der Waals surface area contributed by atoms with Crippen molar-refractivity contribution >= 4 is 11.4 Å². The van der Waals surface area contributed by atoms with Crippen LogP contribution in [0.5, 0.6) is 5.75 Å². The maximum absolute atomic E-state index is 10.1. The molecule has 0 aliphatic carbocycles. The molecule has 0 aromatic heterocycles. The lowest BCUT2D eigenvalue weighted by molar-refractivity contribution is 0.256. The quantitative estimate of drug-likeness (QED) is 0.554. The molecule has 0 atom stereocenters. The lowest BCUT2D eigenvalue weighted by Crippen LogP contribution is -2.16. The summed E-state index contributed by atoms with van der Waals surface area (Å²) in [4.78, 5) is 10.1. The van der Waals surface area contributed by atoms with E-state index in [0.29, 0.717) is 6.54 Å². The summed E-state index contributed by atoms with van der Waals surface area (Å²) in [6, 6.07) is 4.04. The van der Waals surface area contributed by atoms with E-state index in [1.54, 1.807) is 6.92 Å². The van der Waals surface area contributed by atoms with Crippen molar-refractivity contribution in [3.8, 4) is 5.75 Å². The van der Waals surface area contributed by atoms with E-state index in [0.717, 1.165) is 5.06 Å². The van der Waals surface area contributed by atoms with E-state index in [2.05, 4.69) is 5.18 Å². The van der Waals surface area contributed by atoms with E-state index in [-0.39, 0.29) is 17.1 Å². The minimum absolute atomic E-state index is 0.130. The van der Waals surface area contributed by atoms with E-state index in [4.69, 9.17) is 0 Å². The summed E-state index contributed by atoms with van der Waals surface area (Å²) in [7, 11) is 0. The second kappa shape index (κ2) is 3.86. The summed E-state index contributed by atoms with van der Waals surface area (Å²) in [6.07, 6.45) is 0. The molecule has 5 nitrogen and oxygen atoms in total. The van der Waals surface area contributed by atoms with Gasteiger partial charge in [0.25, 0.3) is 0 Å². The van der Waals surface area contributed by atoms with Gasteiger partial charge < -0.3 is 5.11 Å². The van der Waals surface area contributed by atoms with E-state index in [1.165, 1.54) is 18.2 Å². The Labute approximate surface area is 75.2 Å². The van der Waals surface area contributed by atoms with Crippen LogP contribution in [0.25, 0.3) is 0 Å². The molecule has 13 heavy (non-hydrogen) atoms. The molecule has 0 amide bonds. The lowest BCUT2D eigenvalue weighted by Gasteiger charge is -2.15. The Bertz CT molecular complexity index is 314. The molecule has 0 aliphatic rings. The summed E-state index contributed by atoms with van der Waals surface area (Å²) in [6.45, 7) is 2.08. The van der Waals surface area contributed by atoms with Gasteiger partial charge in [-0.25, -0.2) is 0 Å². The Morgan fingerprint density at radius 2 is 2.23 bits per heavy atom. The highest BCUT2D eigenvalue weighted by atomic mass is 16.5. The standard InChI is InChI=1S/C8H10N2O3/c1-2-10(13)7-4-3-6(9-12)5-8(7)11/h3-5,11,13H,2H2,1H3. The number of hydrogen-bond acceptors (Lipinski definition) is 5. The second-order valence-corrected chi connectivity index (χ2v) is 2.48. The van der Waals surface area contributed by atoms with Gasteiger partial charge in [-0.2, -0.15) is 0 Å². The third-order valence-corrected chi connectivity index (χ3v) is 1.64. The Balaban J connectivity index is 3.04. The van der Waals surface area contributed by atoms with Crippen molar-refractivity contribution < 1.29 is 10.3 Å². The SMILES string of the molecule is CCN(O)c1ccc(N=O)cc1O. The number of nitroso groups, excluding NO2 is 1. The Kier molecular flexibility index (Phi) is 2.81. The molecule has 0 radical (unpaired) electrons. The molecule has 0 aliphatic heterocycles. The van der Waals surface area contributed by atoms with Crippen molar-refractivity contribution in [2.45, 2.75) is 6.92 Å². The molecule has 0 unspecified atom stereocenters. The number of anilines is 1. The monoisotopic (exact) mass is 182 g/mol. The average Bonchev–Trinajstić information content (AvgIpc) is 2.16. The third-order valence-electron chi connectivity index (χ3n) is 1.64. The Morgan fingerprint density at radius 3 is 2.69 bits per heavy atom. The largest absolute Gasteiger partial charge is 0.506 e. The summed E-state index contributed by atoms with van der Waals surface area (Å²) in [5.41, 5.74) is 0.389. The van der Waals surface area contributed by atoms with Crippen LogP contribution < -0.4 is 5.06 Å². The van der Waals surface area contributed by atoms with Crippen molar-refractivity contribution in [1.82, 2.24) is 0 Å². The van der Waals surface area contributed by atoms with Crippen LogP contribution in [-0.4, -0.2) is 16.9 Å². The van der Waals surface area contributed by atoms with Gasteiger partial charge in [-0.05, 0) is 24.2 Å². The number of rotatable bonds is 3. The first kappa shape index (κ1) is 9.47. The molecular formula is C8H10N2O3. The number of aromatic hydroxyl groups is 1. The molecule has 0 heterocycles.